The minimum Gasteiger partial charge on any atom is -0.493 e. The summed E-state index contributed by atoms with van der Waals surface area (Å²) in [5.74, 6) is 1.25. The van der Waals surface area contributed by atoms with Gasteiger partial charge in [-0.15, -0.1) is 0 Å². The fourth-order valence-corrected chi connectivity index (χ4v) is 4.82. The number of hydrogen-bond acceptors (Lipinski definition) is 7. The summed E-state index contributed by atoms with van der Waals surface area (Å²) in [4.78, 5) is 40.4. The van der Waals surface area contributed by atoms with Crippen LogP contribution in [0.2, 0.25) is 0 Å². The van der Waals surface area contributed by atoms with Crippen molar-refractivity contribution in [2.24, 2.45) is 0 Å². The van der Waals surface area contributed by atoms with Crippen molar-refractivity contribution in [3.63, 3.8) is 0 Å². The number of fused-ring (bicyclic) bond motifs is 2. The Labute approximate surface area is 216 Å². The standard InChI is InChI=1S/C26H33N7O4/c1-17-15-32-16-18(14-21(36-5)23(32)28-17)29-24(34)33-9-7-19-20(6-8-27-22(19)33)30-10-12-31(13-11-30)25(35)37-26(2,3)4/h6,8,14-16H,7,9-13H2,1-5H3,(H,29,34). The number of pyridine rings is 2. The summed E-state index contributed by atoms with van der Waals surface area (Å²) >= 11 is 0. The van der Waals surface area contributed by atoms with Crippen LogP contribution in [-0.4, -0.2) is 76.8 Å². The molecule has 3 aromatic rings. The molecule has 5 heterocycles. The topological polar surface area (TPSA) is 105 Å². The number of methoxy groups -OCH3 is 1. The Morgan fingerprint density at radius 2 is 1.84 bits per heavy atom. The summed E-state index contributed by atoms with van der Waals surface area (Å²) in [5.41, 5.74) is 3.75. The number of carbonyl (C=O) groups excluding carboxylic acids is 2. The molecule has 11 heteroatoms. The second kappa shape index (κ2) is 9.45. The van der Waals surface area contributed by atoms with Crippen molar-refractivity contribution in [2.75, 3.05) is 55.0 Å². The zero-order chi connectivity index (χ0) is 26.3. The van der Waals surface area contributed by atoms with Crippen molar-refractivity contribution in [3.8, 4) is 5.75 Å². The normalized spacial score (nSPS) is 15.6. The average molecular weight is 508 g/mol. The van der Waals surface area contributed by atoms with Crippen LogP contribution in [0.1, 0.15) is 32.0 Å². The van der Waals surface area contributed by atoms with Crippen molar-refractivity contribution in [3.05, 3.63) is 42.0 Å². The third kappa shape index (κ3) is 4.98. The Balaban J connectivity index is 1.29. The van der Waals surface area contributed by atoms with E-state index in [0.29, 0.717) is 62.0 Å². The number of carbonyl (C=O) groups is 2. The highest BCUT2D eigenvalue weighted by atomic mass is 16.6. The number of imidazole rings is 1. The zero-order valence-electron chi connectivity index (χ0n) is 21.9. The lowest BCUT2D eigenvalue weighted by molar-refractivity contribution is 0.0240. The van der Waals surface area contributed by atoms with Crippen molar-refractivity contribution in [1.29, 1.82) is 0 Å². The number of urea groups is 1. The highest BCUT2D eigenvalue weighted by Crippen LogP contribution is 2.35. The number of aromatic nitrogens is 3. The minimum atomic E-state index is -0.515. The van der Waals surface area contributed by atoms with Gasteiger partial charge in [0.1, 0.15) is 11.4 Å². The molecule has 1 N–H and O–H groups in total. The molecule has 5 rings (SSSR count). The van der Waals surface area contributed by atoms with Crippen molar-refractivity contribution < 1.29 is 19.1 Å². The first-order valence-corrected chi connectivity index (χ1v) is 12.5. The van der Waals surface area contributed by atoms with E-state index in [-0.39, 0.29) is 12.1 Å². The van der Waals surface area contributed by atoms with Crippen LogP contribution in [0.3, 0.4) is 0 Å². The predicted molar refractivity (Wildman–Crippen MR) is 141 cm³/mol. The SMILES string of the molecule is COc1cc(NC(=O)N2CCc3c(N4CCN(C(=O)OC(C)(C)C)CC4)ccnc32)cn2cc(C)nc12. The molecule has 3 aromatic heterocycles. The molecule has 3 amide bonds. The van der Waals surface area contributed by atoms with E-state index in [0.717, 1.165) is 16.9 Å². The van der Waals surface area contributed by atoms with Crippen LogP contribution in [0.5, 0.6) is 5.75 Å². The number of amides is 3. The van der Waals surface area contributed by atoms with E-state index in [1.165, 1.54) is 0 Å². The van der Waals surface area contributed by atoms with Crippen LogP contribution in [0, 0.1) is 6.92 Å². The average Bonchev–Trinajstić information content (AvgIpc) is 3.45. The summed E-state index contributed by atoms with van der Waals surface area (Å²) < 4.78 is 12.8. The van der Waals surface area contributed by atoms with Gasteiger partial charge in [0, 0.05) is 68.6 Å². The van der Waals surface area contributed by atoms with E-state index in [1.54, 1.807) is 29.2 Å². The molecule has 0 unspecified atom stereocenters. The number of nitrogens with zero attached hydrogens (tertiary/aromatic N) is 6. The molecule has 196 valence electrons. The smallest absolute Gasteiger partial charge is 0.410 e. The second-order valence-corrected chi connectivity index (χ2v) is 10.3. The number of ether oxygens (including phenoxy) is 2. The Kier molecular flexibility index (Phi) is 6.30. The molecule has 0 saturated carbocycles. The quantitative estimate of drug-likeness (QED) is 0.576. The van der Waals surface area contributed by atoms with Gasteiger partial charge < -0.3 is 29.0 Å². The first-order chi connectivity index (χ1) is 17.6. The van der Waals surface area contributed by atoms with Gasteiger partial charge in [-0.1, -0.05) is 0 Å². The first kappa shape index (κ1) is 24.7. The molecule has 0 spiro atoms. The van der Waals surface area contributed by atoms with Crippen molar-refractivity contribution in [2.45, 2.75) is 39.7 Å². The molecule has 2 aliphatic rings. The van der Waals surface area contributed by atoms with Gasteiger partial charge in [0.2, 0.25) is 0 Å². The summed E-state index contributed by atoms with van der Waals surface area (Å²) in [6, 6.07) is 3.50. The van der Waals surface area contributed by atoms with Crippen LogP contribution in [0.15, 0.2) is 30.7 Å². The highest BCUT2D eigenvalue weighted by molar-refractivity contribution is 6.03. The molecule has 0 atom stereocenters. The fourth-order valence-electron chi connectivity index (χ4n) is 4.82. The number of piperazine rings is 1. The molecule has 1 saturated heterocycles. The maximum atomic E-state index is 13.3. The van der Waals surface area contributed by atoms with Gasteiger partial charge in [0.25, 0.3) is 0 Å². The molecule has 1 fully saturated rings. The summed E-state index contributed by atoms with van der Waals surface area (Å²) in [6.07, 6.45) is 5.87. The van der Waals surface area contributed by atoms with Crippen molar-refractivity contribution >= 4 is 35.0 Å². The third-order valence-electron chi connectivity index (χ3n) is 6.48. The van der Waals surface area contributed by atoms with Gasteiger partial charge in [-0.05, 0) is 40.2 Å². The lowest BCUT2D eigenvalue weighted by Crippen LogP contribution is -2.50. The third-order valence-corrected chi connectivity index (χ3v) is 6.48. The lowest BCUT2D eigenvalue weighted by atomic mass is 10.1. The monoisotopic (exact) mass is 507 g/mol. The van der Waals surface area contributed by atoms with E-state index in [1.807, 2.05) is 50.6 Å². The second-order valence-electron chi connectivity index (χ2n) is 10.3. The highest BCUT2D eigenvalue weighted by Gasteiger charge is 2.32. The fraction of sp³-hybridized carbons (Fsp3) is 0.462. The maximum absolute atomic E-state index is 13.3. The van der Waals surface area contributed by atoms with Crippen LogP contribution in [0.4, 0.5) is 26.8 Å². The summed E-state index contributed by atoms with van der Waals surface area (Å²) in [6.45, 7) is 10.6. The van der Waals surface area contributed by atoms with Crippen LogP contribution < -0.4 is 19.9 Å². The van der Waals surface area contributed by atoms with Crippen LogP contribution >= 0.6 is 0 Å². The van der Waals surface area contributed by atoms with Crippen LogP contribution in [0.25, 0.3) is 5.65 Å². The molecule has 0 aliphatic carbocycles. The summed E-state index contributed by atoms with van der Waals surface area (Å²) in [7, 11) is 1.58. The number of aryl methyl sites for hydroxylation is 1. The van der Waals surface area contributed by atoms with E-state index in [9.17, 15) is 9.59 Å². The zero-order valence-corrected chi connectivity index (χ0v) is 21.9. The van der Waals surface area contributed by atoms with Crippen molar-refractivity contribution in [1.82, 2.24) is 19.3 Å². The largest absolute Gasteiger partial charge is 0.493 e. The Morgan fingerprint density at radius 3 is 2.54 bits per heavy atom. The summed E-state index contributed by atoms with van der Waals surface area (Å²) in [5, 5.41) is 2.98. The van der Waals surface area contributed by atoms with Gasteiger partial charge in [0.15, 0.2) is 11.4 Å². The lowest BCUT2D eigenvalue weighted by Gasteiger charge is -2.37. The van der Waals surface area contributed by atoms with Gasteiger partial charge in [-0.2, -0.15) is 0 Å². The number of hydrogen-bond donors (Lipinski definition) is 1. The molecule has 0 radical (unpaired) electrons. The van der Waals surface area contributed by atoms with Gasteiger partial charge in [-0.25, -0.2) is 19.6 Å². The minimum absolute atomic E-state index is 0.253. The molecule has 11 nitrogen and oxygen atoms in total. The molecular weight excluding hydrogens is 474 g/mol. The predicted octanol–water partition coefficient (Wildman–Crippen LogP) is 3.70. The Hall–Kier alpha value is -4.02. The molecule has 37 heavy (non-hydrogen) atoms. The van der Waals surface area contributed by atoms with Crippen LogP contribution in [-0.2, 0) is 11.2 Å². The van der Waals surface area contributed by atoms with E-state index in [4.69, 9.17) is 9.47 Å². The number of nitrogens with one attached hydrogen (secondary N) is 1. The van der Waals surface area contributed by atoms with E-state index >= 15 is 0 Å². The number of rotatable bonds is 3. The van der Waals surface area contributed by atoms with Gasteiger partial charge in [-0.3, -0.25) is 4.90 Å². The molecule has 0 bridgehead atoms. The molecular formula is C26H33N7O4. The number of anilines is 3. The molecule has 2 aliphatic heterocycles. The van der Waals surface area contributed by atoms with E-state index in [2.05, 4.69) is 20.2 Å². The Bertz CT molecular complexity index is 1340. The first-order valence-electron chi connectivity index (χ1n) is 12.5. The van der Waals surface area contributed by atoms with Gasteiger partial charge >= 0.3 is 12.1 Å². The van der Waals surface area contributed by atoms with E-state index < -0.39 is 5.60 Å². The van der Waals surface area contributed by atoms with Gasteiger partial charge in [0.05, 0.1) is 18.5 Å². The molecule has 0 aromatic carbocycles. The maximum Gasteiger partial charge on any atom is 0.410 e. The Morgan fingerprint density at radius 1 is 1.08 bits per heavy atom.